The average Bonchev–Trinajstić information content (AvgIpc) is 3.02. The van der Waals surface area contributed by atoms with Gasteiger partial charge >= 0.3 is 7.12 Å². The minimum atomic E-state index is -0.964. The number of hydrogen-bond donors (Lipinski definition) is 0. The van der Waals surface area contributed by atoms with Crippen molar-refractivity contribution in [3.05, 3.63) is 23.7 Å². The van der Waals surface area contributed by atoms with Gasteiger partial charge in [0.1, 0.15) is 5.73 Å². The molecule has 0 radical (unpaired) electrons. The van der Waals surface area contributed by atoms with E-state index in [9.17, 15) is 4.39 Å². The molecule has 0 bridgehead atoms. The van der Waals surface area contributed by atoms with Crippen LogP contribution in [0.1, 0.15) is 46.1 Å². The van der Waals surface area contributed by atoms with Gasteiger partial charge in [-0.3, -0.25) is 4.68 Å². The molecule has 24 heavy (non-hydrogen) atoms. The first kappa shape index (κ1) is 17.6. The van der Waals surface area contributed by atoms with E-state index in [1.807, 2.05) is 38.6 Å². The molecule has 0 N–H and O–H groups in total. The summed E-state index contributed by atoms with van der Waals surface area (Å²) in [5.74, 6) is 0.573. The standard InChI is InChI=1S/C17H26BFN2O3/c1-16(2)17(3,4)24-18(23-16)15(19)9-14-10-20-21(12-14)11-13-5-7-22-8-6-13/h9-10,12-13H,5-8,11H2,1-4H3. The molecule has 2 fully saturated rings. The number of hydrogen-bond acceptors (Lipinski definition) is 4. The molecule has 1 aromatic rings. The first-order valence-electron chi connectivity index (χ1n) is 8.60. The maximum absolute atomic E-state index is 14.5. The van der Waals surface area contributed by atoms with E-state index in [2.05, 4.69) is 5.10 Å². The Labute approximate surface area is 143 Å². The normalized spacial score (nSPS) is 24.5. The predicted octanol–water partition coefficient (Wildman–Crippen LogP) is 3.25. The summed E-state index contributed by atoms with van der Waals surface area (Å²) in [5, 5.41) is 4.33. The Morgan fingerprint density at radius 1 is 1.29 bits per heavy atom. The number of nitrogens with zero attached hydrogens (tertiary/aromatic N) is 2. The van der Waals surface area contributed by atoms with Crippen LogP contribution in [0.2, 0.25) is 0 Å². The van der Waals surface area contributed by atoms with Crippen LogP contribution in [0.5, 0.6) is 0 Å². The molecule has 2 saturated heterocycles. The Bertz CT molecular complexity index is 593. The summed E-state index contributed by atoms with van der Waals surface area (Å²) in [5.41, 5.74) is -0.805. The van der Waals surface area contributed by atoms with Crippen molar-refractivity contribution in [1.29, 1.82) is 0 Å². The summed E-state index contributed by atoms with van der Waals surface area (Å²) in [7, 11) is -0.964. The van der Waals surface area contributed by atoms with E-state index in [0.717, 1.165) is 32.6 Å². The van der Waals surface area contributed by atoms with Crippen molar-refractivity contribution in [1.82, 2.24) is 9.78 Å². The Balaban J connectivity index is 1.64. The lowest BCUT2D eigenvalue weighted by Crippen LogP contribution is -2.41. The monoisotopic (exact) mass is 336 g/mol. The zero-order valence-corrected chi connectivity index (χ0v) is 14.9. The summed E-state index contributed by atoms with van der Waals surface area (Å²) >= 11 is 0. The molecule has 2 aliphatic heterocycles. The minimum absolute atomic E-state index is 0.431. The Morgan fingerprint density at radius 2 is 1.92 bits per heavy atom. The largest absolute Gasteiger partial charge is 0.525 e. The molecule has 0 aromatic carbocycles. The van der Waals surface area contributed by atoms with E-state index < -0.39 is 24.0 Å². The van der Waals surface area contributed by atoms with Gasteiger partial charge in [-0.15, -0.1) is 0 Å². The van der Waals surface area contributed by atoms with E-state index in [4.69, 9.17) is 14.0 Å². The molecule has 7 heteroatoms. The lowest BCUT2D eigenvalue weighted by Gasteiger charge is -2.32. The second-order valence-electron chi connectivity index (χ2n) is 7.67. The van der Waals surface area contributed by atoms with Gasteiger partial charge in [-0.25, -0.2) is 4.39 Å². The molecule has 0 spiro atoms. The molecule has 5 nitrogen and oxygen atoms in total. The van der Waals surface area contributed by atoms with Crippen LogP contribution in [0.25, 0.3) is 6.08 Å². The van der Waals surface area contributed by atoms with Gasteiger partial charge in [-0.05, 0) is 52.5 Å². The molecule has 0 atom stereocenters. The number of ether oxygens (including phenoxy) is 1. The van der Waals surface area contributed by atoms with Gasteiger partial charge in [0.05, 0.1) is 17.4 Å². The molecule has 3 heterocycles. The summed E-state index contributed by atoms with van der Waals surface area (Å²) in [6, 6.07) is 0. The third-order valence-corrected chi connectivity index (χ3v) is 5.22. The van der Waals surface area contributed by atoms with Crippen LogP contribution in [-0.2, 0) is 20.6 Å². The third kappa shape index (κ3) is 3.73. The molecular weight excluding hydrogens is 310 g/mol. The van der Waals surface area contributed by atoms with Gasteiger partial charge in [0.15, 0.2) is 0 Å². The highest BCUT2D eigenvalue weighted by molar-refractivity contribution is 6.54. The third-order valence-electron chi connectivity index (χ3n) is 5.22. The van der Waals surface area contributed by atoms with Crippen LogP contribution >= 0.6 is 0 Å². The number of aromatic nitrogens is 2. The fraction of sp³-hybridized carbons (Fsp3) is 0.706. The molecule has 2 aliphatic rings. The molecule has 0 unspecified atom stereocenters. The summed E-state index contributed by atoms with van der Waals surface area (Å²) < 4.78 is 33.2. The minimum Gasteiger partial charge on any atom is -0.398 e. The quantitative estimate of drug-likeness (QED) is 0.792. The highest BCUT2D eigenvalue weighted by Crippen LogP contribution is 2.39. The van der Waals surface area contributed by atoms with Crippen molar-refractivity contribution < 1.29 is 18.4 Å². The Kier molecular flexibility index (Phi) is 4.86. The van der Waals surface area contributed by atoms with Crippen molar-refractivity contribution in [2.24, 2.45) is 5.92 Å². The predicted molar refractivity (Wildman–Crippen MR) is 90.9 cm³/mol. The summed E-state index contributed by atoms with van der Waals surface area (Å²) in [6.45, 7) is 10.1. The van der Waals surface area contributed by atoms with Gasteiger partial charge in [-0.1, -0.05) is 0 Å². The molecular formula is C17H26BFN2O3. The lowest BCUT2D eigenvalue weighted by molar-refractivity contribution is 0.00578. The number of halogens is 1. The first-order chi connectivity index (χ1) is 11.3. The van der Waals surface area contributed by atoms with Crippen molar-refractivity contribution in [3.63, 3.8) is 0 Å². The fourth-order valence-electron chi connectivity index (χ4n) is 2.93. The van der Waals surface area contributed by atoms with Crippen molar-refractivity contribution in [3.8, 4) is 0 Å². The zero-order valence-electron chi connectivity index (χ0n) is 14.9. The van der Waals surface area contributed by atoms with E-state index >= 15 is 0 Å². The highest BCUT2D eigenvalue weighted by Gasteiger charge is 2.53. The summed E-state index contributed by atoms with van der Waals surface area (Å²) in [6.07, 6.45) is 7.07. The van der Waals surface area contributed by atoms with E-state index in [1.165, 1.54) is 6.08 Å². The highest BCUT2D eigenvalue weighted by atomic mass is 19.1. The lowest BCUT2D eigenvalue weighted by atomic mass is 9.87. The molecule has 0 amide bonds. The SMILES string of the molecule is CC1(C)OB(C(F)=Cc2cnn(CC3CCOCC3)c2)OC1(C)C. The van der Waals surface area contributed by atoms with Gasteiger partial charge in [-0.2, -0.15) is 5.10 Å². The first-order valence-corrected chi connectivity index (χ1v) is 8.60. The van der Waals surface area contributed by atoms with Crippen LogP contribution in [0.3, 0.4) is 0 Å². The van der Waals surface area contributed by atoms with E-state index in [-0.39, 0.29) is 0 Å². The van der Waals surface area contributed by atoms with Crippen LogP contribution < -0.4 is 0 Å². The molecule has 132 valence electrons. The van der Waals surface area contributed by atoms with Gasteiger partial charge in [0.2, 0.25) is 0 Å². The van der Waals surface area contributed by atoms with Crippen LogP contribution in [-0.4, -0.2) is 41.3 Å². The van der Waals surface area contributed by atoms with Crippen molar-refractivity contribution in [2.75, 3.05) is 13.2 Å². The van der Waals surface area contributed by atoms with Crippen molar-refractivity contribution >= 4 is 13.2 Å². The van der Waals surface area contributed by atoms with E-state index in [0.29, 0.717) is 11.5 Å². The maximum atomic E-state index is 14.5. The Morgan fingerprint density at radius 3 is 2.54 bits per heavy atom. The zero-order chi connectivity index (χ0) is 17.4. The van der Waals surface area contributed by atoms with Gasteiger partial charge in [0.25, 0.3) is 0 Å². The molecule has 1 aromatic heterocycles. The second kappa shape index (κ2) is 6.62. The molecule has 0 saturated carbocycles. The van der Waals surface area contributed by atoms with Crippen LogP contribution in [0.4, 0.5) is 4.39 Å². The smallest absolute Gasteiger partial charge is 0.398 e. The van der Waals surface area contributed by atoms with Crippen molar-refractivity contribution in [2.45, 2.75) is 58.3 Å². The van der Waals surface area contributed by atoms with Crippen LogP contribution in [0, 0.1) is 5.92 Å². The Hall–Kier alpha value is -1.18. The van der Waals surface area contributed by atoms with E-state index in [1.54, 1.807) is 6.20 Å². The fourth-order valence-corrected chi connectivity index (χ4v) is 2.93. The molecule has 3 rings (SSSR count). The topological polar surface area (TPSA) is 45.5 Å². The summed E-state index contributed by atoms with van der Waals surface area (Å²) in [4.78, 5) is 0. The second-order valence-corrected chi connectivity index (χ2v) is 7.67. The average molecular weight is 336 g/mol. The van der Waals surface area contributed by atoms with Gasteiger partial charge in [0, 0.05) is 31.5 Å². The van der Waals surface area contributed by atoms with Crippen LogP contribution in [0.15, 0.2) is 18.1 Å². The van der Waals surface area contributed by atoms with Gasteiger partial charge < -0.3 is 14.0 Å². The molecule has 0 aliphatic carbocycles. The number of rotatable bonds is 4. The maximum Gasteiger partial charge on any atom is 0.525 e.